The number of likely N-dealkylation sites (tertiary alicyclic amines) is 1. The van der Waals surface area contributed by atoms with Gasteiger partial charge in [-0.1, -0.05) is 5.16 Å². The SMILES string of the molecule is Cc1nc([C@H]2CCCCN2C(=O)c2cc(C)on2)n[nH]1. The first-order chi connectivity index (χ1) is 9.65. The molecule has 0 aromatic carbocycles. The fourth-order valence-corrected chi connectivity index (χ4v) is 2.57. The van der Waals surface area contributed by atoms with Crippen molar-refractivity contribution in [3.05, 3.63) is 29.2 Å². The highest BCUT2D eigenvalue weighted by Gasteiger charge is 2.32. The van der Waals surface area contributed by atoms with E-state index in [1.54, 1.807) is 17.9 Å². The molecular formula is C13H17N5O2. The van der Waals surface area contributed by atoms with Gasteiger partial charge in [0.25, 0.3) is 5.91 Å². The average Bonchev–Trinajstić information content (AvgIpc) is 3.07. The molecule has 7 heteroatoms. The van der Waals surface area contributed by atoms with Crippen LogP contribution < -0.4 is 0 Å². The number of aromatic nitrogens is 4. The van der Waals surface area contributed by atoms with Crippen molar-refractivity contribution >= 4 is 5.91 Å². The van der Waals surface area contributed by atoms with Gasteiger partial charge in [0.1, 0.15) is 11.6 Å². The molecule has 1 aliphatic heterocycles. The highest BCUT2D eigenvalue weighted by atomic mass is 16.5. The van der Waals surface area contributed by atoms with Gasteiger partial charge in [0, 0.05) is 12.6 Å². The van der Waals surface area contributed by atoms with Gasteiger partial charge in [-0.2, -0.15) is 5.10 Å². The number of amides is 1. The average molecular weight is 275 g/mol. The van der Waals surface area contributed by atoms with E-state index in [0.717, 1.165) is 25.1 Å². The van der Waals surface area contributed by atoms with Gasteiger partial charge < -0.3 is 9.42 Å². The molecule has 0 radical (unpaired) electrons. The minimum absolute atomic E-state index is 0.0850. The Morgan fingerprint density at radius 2 is 2.30 bits per heavy atom. The van der Waals surface area contributed by atoms with Gasteiger partial charge in [0.05, 0.1) is 6.04 Å². The van der Waals surface area contributed by atoms with Crippen LogP contribution in [-0.4, -0.2) is 37.7 Å². The van der Waals surface area contributed by atoms with Crippen LogP contribution in [0.1, 0.15) is 53.2 Å². The summed E-state index contributed by atoms with van der Waals surface area (Å²) in [6.07, 6.45) is 2.93. The molecule has 0 aliphatic carbocycles. The molecule has 0 saturated carbocycles. The van der Waals surface area contributed by atoms with Crippen LogP contribution in [0.15, 0.2) is 10.6 Å². The summed E-state index contributed by atoms with van der Waals surface area (Å²) in [6.45, 7) is 4.32. The number of nitrogens with one attached hydrogen (secondary N) is 1. The number of aromatic amines is 1. The topological polar surface area (TPSA) is 87.9 Å². The van der Waals surface area contributed by atoms with Crippen molar-refractivity contribution in [2.24, 2.45) is 0 Å². The van der Waals surface area contributed by atoms with E-state index in [-0.39, 0.29) is 11.9 Å². The van der Waals surface area contributed by atoms with Crippen molar-refractivity contribution in [2.45, 2.75) is 39.2 Å². The van der Waals surface area contributed by atoms with E-state index in [2.05, 4.69) is 20.3 Å². The molecule has 2 aromatic heterocycles. The normalized spacial score (nSPS) is 19.3. The zero-order chi connectivity index (χ0) is 14.1. The number of aryl methyl sites for hydroxylation is 2. The van der Waals surface area contributed by atoms with Crippen LogP contribution in [-0.2, 0) is 0 Å². The first-order valence-electron chi connectivity index (χ1n) is 6.78. The molecule has 20 heavy (non-hydrogen) atoms. The quantitative estimate of drug-likeness (QED) is 0.902. The molecule has 1 saturated heterocycles. The molecule has 1 fully saturated rings. The lowest BCUT2D eigenvalue weighted by Crippen LogP contribution is -2.39. The van der Waals surface area contributed by atoms with Crippen molar-refractivity contribution in [3.8, 4) is 0 Å². The van der Waals surface area contributed by atoms with Gasteiger partial charge in [-0.15, -0.1) is 0 Å². The van der Waals surface area contributed by atoms with Gasteiger partial charge in [0.2, 0.25) is 0 Å². The summed E-state index contributed by atoms with van der Waals surface area (Å²) in [7, 11) is 0. The van der Waals surface area contributed by atoms with Crippen molar-refractivity contribution in [1.82, 2.24) is 25.2 Å². The minimum Gasteiger partial charge on any atom is -0.361 e. The third kappa shape index (κ3) is 2.31. The largest absolute Gasteiger partial charge is 0.361 e. The zero-order valence-electron chi connectivity index (χ0n) is 11.6. The first kappa shape index (κ1) is 12.8. The highest BCUT2D eigenvalue weighted by molar-refractivity contribution is 5.92. The monoisotopic (exact) mass is 275 g/mol. The summed E-state index contributed by atoms with van der Waals surface area (Å²) < 4.78 is 4.99. The molecule has 7 nitrogen and oxygen atoms in total. The number of carbonyl (C=O) groups is 1. The van der Waals surface area contributed by atoms with E-state index in [0.29, 0.717) is 23.8 Å². The third-order valence-electron chi connectivity index (χ3n) is 3.52. The molecule has 3 heterocycles. The number of nitrogens with zero attached hydrogens (tertiary/aromatic N) is 4. The van der Waals surface area contributed by atoms with Crippen LogP contribution in [0.2, 0.25) is 0 Å². The summed E-state index contributed by atoms with van der Waals surface area (Å²) in [5.74, 6) is 1.95. The fraction of sp³-hybridized carbons (Fsp3) is 0.538. The Hall–Kier alpha value is -2.18. The van der Waals surface area contributed by atoms with Crippen molar-refractivity contribution in [3.63, 3.8) is 0 Å². The molecule has 106 valence electrons. The van der Waals surface area contributed by atoms with E-state index in [9.17, 15) is 4.79 Å². The van der Waals surface area contributed by atoms with Crippen LogP contribution in [0.25, 0.3) is 0 Å². The Morgan fingerprint density at radius 3 is 2.95 bits per heavy atom. The lowest BCUT2D eigenvalue weighted by atomic mass is 10.0. The number of piperidine rings is 1. The molecule has 0 bridgehead atoms. The molecule has 1 aliphatic rings. The van der Waals surface area contributed by atoms with Gasteiger partial charge in [0.15, 0.2) is 11.5 Å². The number of hydrogen-bond donors (Lipinski definition) is 1. The second-order valence-electron chi connectivity index (χ2n) is 5.11. The Kier molecular flexibility index (Phi) is 3.25. The Bertz CT molecular complexity index is 618. The maximum atomic E-state index is 12.5. The highest BCUT2D eigenvalue weighted by Crippen LogP contribution is 2.30. The van der Waals surface area contributed by atoms with Crippen LogP contribution >= 0.6 is 0 Å². The first-order valence-corrected chi connectivity index (χ1v) is 6.78. The van der Waals surface area contributed by atoms with E-state index < -0.39 is 0 Å². The van der Waals surface area contributed by atoms with Crippen molar-refractivity contribution in [1.29, 1.82) is 0 Å². The molecule has 0 spiro atoms. The second-order valence-corrected chi connectivity index (χ2v) is 5.11. The van der Waals surface area contributed by atoms with Crippen LogP contribution in [0.5, 0.6) is 0 Å². The summed E-state index contributed by atoms with van der Waals surface area (Å²) in [5.41, 5.74) is 0.349. The van der Waals surface area contributed by atoms with E-state index >= 15 is 0 Å². The maximum Gasteiger partial charge on any atom is 0.276 e. The molecule has 0 unspecified atom stereocenters. The van der Waals surface area contributed by atoms with Gasteiger partial charge in [-0.3, -0.25) is 9.89 Å². The van der Waals surface area contributed by atoms with Crippen molar-refractivity contribution < 1.29 is 9.32 Å². The second kappa shape index (κ2) is 5.07. The molecule has 1 atom stereocenters. The van der Waals surface area contributed by atoms with Crippen molar-refractivity contribution in [2.75, 3.05) is 6.54 Å². The van der Waals surface area contributed by atoms with Crippen LogP contribution in [0, 0.1) is 13.8 Å². The molecule has 2 aromatic rings. The Balaban J connectivity index is 1.87. The number of carbonyl (C=O) groups excluding carboxylic acids is 1. The molecule has 1 amide bonds. The molecular weight excluding hydrogens is 258 g/mol. The maximum absolute atomic E-state index is 12.5. The summed E-state index contributed by atoms with van der Waals surface area (Å²) in [6, 6.07) is 1.58. The number of rotatable bonds is 2. The zero-order valence-corrected chi connectivity index (χ0v) is 11.6. The smallest absolute Gasteiger partial charge is 0.276 e. The fourth-order valence-electron chi connectivity index (χ4n) is 2.57. The summed E-state index contributed by atoms with van der Waals surface area (Å²) in [5, 5.41) is 10.8. The number of hydrogen-bond acceptors (Lipinski definition) is 5. The summed E-state index contributed by atoms with van der Waals surface area (Å²) >= 11 is 0. The van der Waals surface area contributed by atoms with E-state index in [4.69, 9.17) is 4.52 Å². The molecule has 3 rings (SSSR count). The minimum atomic E-state index is -0.117. The van der Waals surface area contributed by atoms with E-state index in [1.165, 1.54) is 0 Å². The van der Waals surface area contributed by atoms with E-state index in [1.807, 2.05) is 6.92 Å². The standard InChI is InChI=1S/C13H17N5O2/c1-8-7-10(17-20-8)13(19)18-6-4-3-5-11(18)12-14-9(2)15-16-12/h7,11H,3-6H2,1-2H3,(H,14,15,16)/t11-/m1/s1. The van der Waals surface area contributed by atoms with Crippen LogP contribution in [0.4, 0.5) is 0 Å². The van der Waals surface area contributed by atoms with Gasteiger partial charge >= 0.3 is 0 Å². The lowest BCUT2D eigenvalue weighted by Gasteiger charge is -2.33. The third-order valence-corrected chi connectivity index (χ3v) is 3.52. The summed E-state index contributed by atoms with van der Waals surface area (Å²) in [4.78, 5) is 18.7. The number of H-pyrrole nitrogens is 1. The van der Waals surface area contributed by atoms with Crippen LogP contribution in [0.3, 0.4) is 0 Å². The predicted octanol–water partition coefficient (Wildman–Crippen LogP) is 1.78. The lowest BCUT2D eigenvalue weighted by molar-refractivity contribution is 0.0589. The van der Waals surface area contributed by atoms with Gasteiger partial charge in [-0.05, 0) is 33.1 Å². The Labute approximate surface area is 116 Å². The van der Waals surface area contributed by atoms with Gasteiger partial charge in [-0.25, -0.2) is 4.98 Å². The molecule has 1 N–H and O–H groups in total. The Morgan fingerprint density at radius 1 is 1.45 bits per heavy atom. The predicted molar refractivity (Wildman–Crippen MR) is 70.0 cm³/mol.